The average Bonchev–Trinajstić information content (AvgIpc) is 2.59. The molecule has 6 heteroatoms. The highest BCUT2D eigenvalue weighted by atomic mass is 19.1. The van der Waals surface area contributed by atoms with Gasteiger partial charge in [-0.2, -0.15) is 0 Å². The van der Waals surface area contributed by atoms with Crippen molar-refractivity contribution in [1.29, 1.82) is 0 Å². The molecule has 0 bridgehead atoms. The minimum Gasteiger partial charge on any atom is -0.480 e. The second-order valence-corrected chi connectivity index (χ2v) is 3.02. The molecule has 1 aromatic carbocycles. The Bertz CT molecular complexity index is 523. The average molecular weight is 210 g/mol. The van der Waals surface area contributed by atoms with Crippen molar-refractivity contribution in [3.63, 3.8) is 0 Å². The van der Waals surface area contributed by atoms with E-state index in [1.165, 1.54) is 12.1 Å². The maximum atomic E-state index is 12.9. The number of aliphatic carboxylic acids is 1. The third-order valence-corrected chi connectivity index (χ3v) is 2.02. The molecule has 1 heterocycles. The quantitative estimate of drug-likeness (QED) is 0.773. The molecular formula is C9H7FN2O3. The minimum atomic E-state index is -1.31. The molecule has 1 aromatic heterocycles. The highest BCUT2D eigenvalue weighted by Crippen LogP contribution is 2.23. The second kappa shape index (κ2) is 3.32. The molecule has 15 heavy (non-hydrogen) atoms. The summed E-state index contributed by atoms with van der Waals surface area (Å²) in [5.74, 6) is -1.74. The summed E-state index contributed by atoms with van der Waals surface area (Å²) in [5.41, 5.74) is 5.69. The number of benzene rings is 1. The Hall–Kier alpha value is -1.95. The Kier molecular flexibility index (Phi) is 2.12. The lowest BCUT2D eigenvalue weighted by Crippen LogP contribution is -2.21. The maximum Gasteiger partial charge on any atom is 0.326 e. The molecule has 0 fully saturated rings. The van der Waals surface area contributed by atoms with Crippen molar-refractivity contribution in [1.82, 2.24) is 5.16 Å². The number of aromatic nitrogens is 1. The predicted octanol–water partition coefficient (Wildman–Crippen LogP) is 1.05. The SMILES string of the molecule is NC(C(=O)O)c1noc2ccc(F)cc12. The van der Waals surface area contributed by atoms with E-state index < -0.39 is 17.8 Å². The first-order valence-corrected chi connectivity index (χ1v) is 4.13. The molecule has 0 aliphatic rings. The van der Waals surface area contributed by atoms with Gasteiger partial charge in [-0.15, -0.1) is 0 Å². The second-order valence-electron chi connectivity index (χ2n) is 3.02. The molecule has 0 amide bonds. The normalized spacial score (nSPS) is 12.9. The summed E-state index contributed by atoms with van der Waals surface area (Å²) in [6, 6.07) is 2.40. The maximum absolute atomic E-state index is 12.9. The van der Waals surface area contributed by atoms with Gasteiger partial charge in [0.15, 0.2) is 11.6 Å². The third kappa shape index (κ3) is 1.55. The number of hydrogen-bond acceptors (Lipinski definition) is 4. The van der Waals surface area contributed by atoms with Gasteiger partial charge in [0.25, 0.3) is 0 Å². The van der Waals surface area contributed by atoms with E-state index in [-0.39, 0.29) is 11.1 Å². The van der Waals surface area contributed by atoms with Gasteiger partial charge in [0.1, 0.15) is 11.5 Å². The molecule has 0 saturated carbocycles. The molecule has 0 saturated heterocycles. The van der Waals surface area contributed by atoms with Crippen molar-refractivity contribution in [2.75, 3.05) is 0 Å². The van der Waals surface area contributed by atoms with Gasteiger partial charge in [0, 0.05) is 0 Å². The molecule has 2 aromatic rings. The summed E-state index contributed by atoms with van der Waals surface area (Å²) in [5, 5.41) is 12.5. The largest absolute Gasteiger partial charge is 0.480 e. The summed E-state index contributed by atoms with van der Waals surface area (Å²) in [7, 11) is 0. The number of nitrogens with zero attached hydrogens (tertiary/aromatic N) is 1. The van der Waals surface area contributed by atoms with Gasteiger partial charge in [-0.1, -0.05) is 5.16 Å². The minimum absolute atomic E-state index is 0.0250. The van der Waals surface area contributed by atoms with Crippen LogP contribution in [-0.4, -0.2) is 16.2 Å². The van der Waals surface area contributed by atoms with Crippen molar-refractivity contribution in [3.05, 3.63) is 29.7 Å². The van der Waals surface area contributed by atoms with Gasteiger partial charge in [0.05, 0.1) is 5.39 Å². The number of nitrogens with two attached hydrogens (primary N) is 1. The van der Waals surface area contributed by atoms with Crippen molar-refractivity contribution in [2.24, 2.45) is 5.73 Å². The van der Waals surface area contributed by atoms with Crippen molar-refractivity contribution in [3.8, 4) is 0 Å². The van der Waals surface area contributed by atoms with Crippen LogP contribution in [0.5, 0.6) is 0 Å². The molecule has 0 spiro atoms. The first kappa shape index (κ1) is 9.60. The van der Waals surface area contributed by atoms with E-state index in [1.807, 2.05) is 0 Å². The summed E-state index contributed by atoms with van der Waals surface area (Å²) >= 11 is 0. The standard InChI is InChI=1S/C9H7FN2O3/c10-4-1-2-6-5(3-4)8(12-15-6)7(11)9(13)14/h1-3,7H,11H2,(H,13,14). The Morgan fingerprint density at radius 3 is 3.00 bits per heavy atom. The molecular weight excluding hydrogens is 203 g/mol. The van der Waals surface area contributed by atoms with Crippen molar-refractivity contribution >= 4 is 16.9 Å². The van der Waals surface area contributed by atoms with E-state index in [1.54, 1.807) is 0 Å². The van der Waals surface area contributed by atoms with Gasteiger partial charge in [-0.3, -0.25) is 4.79 Å². The molecule has 1 unspecified atom stereocenters. The Morgan fingerprint density at radius 2 is 2.33 bits per heavy atom. The van der Waals surface area contributed by atoms with Gasteiger partial charge >= 0.3 is 5.97 Å². The van der Waals surface area contributed by atoms with Gasteiger partial charge < -0.3 is 15.4 Å². The lowest BCUT2D eigenvalue weighted by molar-refractivity contribution is -0.138. The molecule has 0 aliphatic heterocycles. The highest BCUT2D eigenvalue weighted by Gasteiger charge is 2.21. The fourth-order valence-electron chi connectivity index (χ4n) is 1.27. The number of carbonyl (C=O) groups is 1. The van der Waals surface area contributed by atoms with Crippen LogP contribution >= 0.6 is 0 Å². The van der Waals surface area contributed by atoms with Crippen LogP contribution in [0.4, 0.5) is 4.39 Å². The summed E-state index contributed by atoms with van der Waals surface area (Å²) < 4.78 is 17.7. The Morgan fingerprint density at radius 1 is 1.60 bits per heavy atom. The van der Waals surface area contributed by atoms with Crippen LogP contribution in [0.15, 0.2) is 22.7 Å². The predicted molar refractivity (Wildman–Crippen MR) is 48.5 cm³/mol. The van der Waals surface area contributed by atoms with Crippen LogP contribution in [0.3, 0.4) is 0 Å². The van der Waals surface area contributed by atoms with E-state index in [9.17, 15) is 9.18 Å². The van der Waals surface area contributed by atoms with Gasteiger partial charge in [-0.25, -0.2) is 4.39 Å². The summed E-state index contributed by atoms with van der Waals surface area (Å²) in [6.07, 6.45) is 0. The molecule has 3 N–H and O–H groups in total. The van der Waals surface area contributed by atoms with Gasteiger partial charge in [0.2, 0.25) is 0 Å². The first-order valence-electron chi connectivity index (χ1n) is 4.13. The molecule has 1 atom stereocenters. The molecule has 5 nitrogen and oxygen atoms in total. The van der Waals surface area contributed by atoms with Gasteiger partial charge in [-0.05, 0) is 18.2 Å². The monoisotopic (exact) mass is 210 g/mol. The number of hydrogen-bond donors (Lipinski definition) is 2. The van der Waals surface area contributed by atoms with Crippen molar-refractivity contribution < 1.29 is 18.8 Å². The zero-order valence-corrected chi connectivity index (χ0v) is 7.48. The lowest BCUT2D eigenvalue weighted by atomic mass is 10.1. The number of fused-ring (bicyclic) bond motifs is 1. The van der Waals surface area contributed by atoms with E-state index in [2.05, 4.69) is 5.16 Å². The van der Waals surface area contributed by atoms with Crippen LogP contribution in [0, 0.1) is 5.82 Å². The smallest absolute Gasteiger partial charge is 0.326 e. The highest BCUT2D eigenvalue weighted by molar-refractivity contribution is 5.85. The van der Waals surface area contributed by atoms with Crippen LogP contribution < -0.4 is 5.73 Å². The lowest BCUT2D eigenvalue weighted by Gasteiger charge is -2.00. The molecule has 0 aliphatic carbocycles. The first-order chi connectivity index (χ1) is 7.09. The van der Waals surface area contributed by atoms with E-state index in [4.69, 9.17) is 15.4 Å². The fourth-order valence-corrected chi connectivity index (χ4v) is 1.27. The van der Waals surface area contributed by atoms with Crippen LogP contribution in [0.25, 0.3) is 11.0 Å². The van der Waals surface area contributed by atoms with Crippen LogP contribution in [0.1, 0.15) is 11.7 Å². The van der Waals surface area contributed by atoms with E-state index >= 15 is 0 Å². The van der Waals surface area contributed by atoms with Crippen LogP contribution in [0.2, 0.25) is 0 Å². The van der Waals surface area contributed by atoms with Crippen molar-refractivity contribution in [2.45, 2.75) is 6.04 Å². The summed E-state index contributed by atoms with van der Waals surface area (Å²) in [6.45, 7) is 0. The number of carboxylic acids is 1. The topological polar surface area (TPSA) is 89.4 Å². The number of halogens is 1. The van der Waals surface area contributed by atoms with E-state index in [0.29, 0.717) is 5.58 Å². The molecule has 0 radical (unpaired) electrons. The van der Waals surface area contributed by atoms with Crippen LogP contribution in [-0.2, 0) is 4.79 Å². The Labute approximate surface area is 83.3 Å². The number of rotatable bonds is 2. The molecule has 78 valence electrons. The number of carboxylic acid groups (broad SMARTS) is 1. The van der Waals surface area contributed by atoms with E-state index in [0.717, 1.165) is 6.07 Å². The zero-order chi connectivity index (χ0) is 11.0. The Balaban J connectivity index is 2.61. The molecule has 2 rings (SSSR count). The fraction of sp³-hybridized carbons (Fsp3) is 0.111. The summed E-state index contributed by atoms with van der Waals surface area (Å²) in [4.78, 5) is 10.6. The third-order valence-electron chi connectivity index (χ3n) is 2.02. The zero-order valence-electron chi connectivity index (χ0n) is 7.48.